The number of anilines is 1. The average molecular weight is 244 g/mol. The smallest absolute Gasteiger partial charge is 0.0854 e. The predicted molar refractivity (Wildman–Crippen MR) is 75.8 cm³/mol. The van der Waals surface area contributed by atoms with Crippen LogP contribution in [0.15, 0.2) is 30.3 Å². The van der Waals surface area contributed by atoms with Crippen LogP contribution in [0.5, 0.6) is 0 Å². The van der Waals surface area contributed by atoms with Crippen molar-refractivity contribution in [1.29, 1.82) is 0 Å². The zero-order chi connectivity index (χ0) is 13.1. The molecule has 0 saturated heterocycles. The fraction of sp³-hybridized carbons (Fsp3) is 0.400. The molecule has 1 aromatic heterocycles. The lowest BCUT2D eigenvalue weighted by molar-refractivity contribution is 0.277. The van der Waals surface area contributed by atoms with Crippen LogP contribution in [0.4, 0.5) is 5.69 Å². The van der Waals surface area contributed by atoms with E-state index >= 15 is 0 Å². The molecular weight excluding hydrogens is 224 g/mol. The summed E-state index contributed by atoms with van der Waals surface area (Å²) in [6.45, 7) is 5.37. The summed E-state index contributed by atoms with van der Waals surface area (Å²) in [5, 5.41) is 10.4. The van der Waals surface area contributed by atoms with Gasteiger partial charge in [-0.25, -0.2) is 0 Å². The number of nitrogens with zero attached hydrogens (tertiary/aromatic N) is 2. The van der Waals surface area contributed by atoms with Crippen LogP contribution < -0.4 is 4.90 Å². The van der Waals surface area contributed by atoms with Gasteiger partial charge in [-0.1, -0.05) is 32.0 Å². The lowest BCUT2D eigenvalue weighted by Crippen LogP contribution is -2.23. The van der Waals surface area contributed by atoms with Crippen molar-refractivity contribution in [2.24, 2.45) is 5.92 Å². The number of fused-ring (bicyclic) bond motifs is 1. The molecule has 0 atom stereocenters. The molecule has 0 aliphatic heterocycles. The number of rotatable bonds is 4. The summed E-state index contributed by atoms with van der Waals surface area (Å²) in [4.78, 5) is 6.67. The van der Waals surface area contributed by atoms with Gasteiger partial charge in [-0.3, -0.25) is 4.98 Å². The van der Waals surface area contributed by atoms with E-state index < -0.39 is 0 Å². The van der Waals surface area contributed by atoms with Gasteiger partial charge >= 0.3 is 0 Å². The minimum absolute atomic E-state index is 0.0205. The molecule has 0 unspecified atom stereocenters. The Bertz CT molecular complexity index is 537. The van der Waals surface area contributed by atoms with E-state index in [1.54, 1.807) is 0 Å². The Kier molecular flexibility index (Phi) is 3.82. The van der Waals surface area contributed by atoms with Crippen molar-refractivity contribution in [3.63, 3.8) is 0 Å². The maximum atomic E-state index is 9.30. The molecule has 0 radical (unpaired) electrons. The molecule has 0 amide bonds. The number of benzene rings is 1. The molecule has 0 bridgehead atoms. The fourth-order valence-corrected chi connectivity index (χ4v) is 2.25. The van der Waals surface area contributed by atoms with Crippen LogP contribution in [0.1, 0.15) is 19.5 Å². The SMILES string of the molecule is CC(C)CN(C)c1cc(CO)nc2ccccc12. The molecule has 2 rings (SSSR count). The highest BCUT2D eigenvalue weighted by atomic mass is 16.3. The first kappa shape index (κ1) is 12.8. The van der Waals surface area contributed by atoms with Crippen molar-refractivity contribution in [1.82, 2.24) is 4.98 Å². The summed E-state index contributed by atoms with van der Waals surface area (Å²) >= 11 is 0. The maximum absolute atomic E-state index is 9.30. The third-order valence-electron chi connectivity index (χ3n) is 2.96. The number of aliphatic hydroxyl groups is 1. The quantitative estimate of drug-likeness (QED) is 0.898. The van der Waals surface area contributed by atoms with E-state index in [9.17, 15) is 5.11 Å². The number of aromatic nitrogens is 1. The highest BCUT2D eigenvalue weighted by Crippen LogP contribution is 2.26. The predicted octanol–water partition coefficient (Wildman–Crippen LogP) is 2.82. The molecule has 1 N–H and O–H groups in total. The zero-order valence-corrected chi connectivity index (χ0v) is 11.2. The first-order chi connectivity index (χ1) is 8.61. The Morgan fingerprint density at radius 1 is 1.28 bits per heavy atom. The third-order valence-corrected chi connectivity index (χ3v) is 2.96. The van der Waals surface area contributed by atoms with Crippen LogP contribution in [0.25, 0.3) is 10.9 Å². The van der Waals surface area contributed by atoms with E-state index in [0.29, 0.717) is 5.92 Å². The van der Waals surface area contributed by atoms with Crippen molar-refractivity contribution in [2.45, 2.75) is 20.5 Å². The monoisotopic (exact) mass is 244 g/mol. The molecule has 0 spiro atoms. The van der Waals surface area contributed by atoms with Gasteiger partial charge in [0, 0.05) is 24.7 Å². The second-order valence-electron chi connectivity index (χ2n) is 5.08. The normalized spacial score (nSPS) is 11.2. The number of pyridine rings is 1. The minimum Gasteiger partial charge on any atom is -0.390 e. The van der Waals surface area contributed by atoms with Gasteiger partial charge in [0.25, 0.3) is 0 Å². The summed E-state index contributed by atoms with van der Waals surface area (Å²) < 4.78 is 0. The van der Waals surface area contributed by atoms with Crippen molar-refractivity contribution < 1.29 is 5.11 Å². The van der Waals surface area contributed by atoms with Crippen LogP contribution in [-0.2, 0) is 6.61 Å². The van der Waals surface area contributed by atoms with Gasteiger partial charge in [-0.2, -0.15) is 0 Å². The van der Waals surface area contributed by atoms with Crippen molar-refractivity contribution in [3.05, 3.63) is 36.0 Å². The Morgan fingerprint density at radius 2 is 2.00 bits per heavy atom. The van der Waals surface area contributed by atoms with Crippen LogP contribution >= 0.6 is 0 Å². The molecule has 96 valence electrons. The van der Waals surface area contributed by atoms with E-state index in [1.165, 1.54) is 0 Å². The molecule has 0 fully saturated rings. The minimum atomic E-state index is -0.0205. The molecular formula is C15H20N2O. The van der Waals surface area contributed by atoms with Crippen molar-refractivity contribution in [2.75, 3.05) is 18.5 Å². The molecule has 2 aromatic rings. The topological polar surface area (TPSA) is 36.4 Å². The number of para-hydroxylation sites is 1. The van der Waals surface area contributed by atoms with Crippen molar-refractivity contribution >= 4 is 16.6 Å². The van der Waals surface area contributed by atoms with Gasteiger partial charge in [-0.05, 0) is 18.1 Å². The van der Waals surface area contributed by atoms with Crippen LogP contribution in [0, 0.1) is 5.92 Å². The van der Waals surface area contributed by atoms with Gasteiger partial charge in [0.15, 0.2) is 0 Å². The Morgan fingerprint density at radius 3 is 2.67 bits per heavy atom. The highest BCUT2D eigenvalue weighted by Gasteiger charge is 2.10. The van der Waals surface area contributed by atoms with E-state index in [1.807, 2.05) is 24.3 Å². The second-order valence-corrected chi connectivity index (χ2v) is 5.08. The van der Waals surface area contributed by atoms with Crippen molar-refractivity contribution in [3.8, 4) is 0 Å². The molecule has 1 heterocycles. The number of hydrogen-bond acceptors (Lipinski definition) is 3. The standard InChI is InChI=1S/C15H20N2O/c1-11(2)9-17(3)15-8-12(10-18)16-14-7-5-4-6-13(14)15/h4-8,11,18H,9-10H2,1-3H3. The molecule has 18 heavy (non-hydrogen) atoms. The molecule has 0 saturated carbocycles. The highest BCUT2D eigenvalue weighted by molar-refractivity contribution is 5.91. The lowest BCUT2D eigenvalue weighted by atomic mass is 10.1. The van der Waals surface area contributed by atoms with Gasteiger partial charge in [0.2, 0.25) is 0 Å². The Balaban J connectivity index is 2.53. The summed E-state index contributed by atoms with van der Waals surface area (Å²) in [5.74, 6) is 0.597. The third kappa shape index (κ3) is 2.62. The molecule has 1 aromatic carbocycles. The molecule has 3 heteroatoms. The molecule has 0 aliphatic carbocycles. The van der Waals surface area contributed by atoms with Gasteiger partial charge < -0.3 is 10.0 Å². The van der Waals surface area contributed by atoms with Crippen LogP contribution in [-0.4, -0.2) is 23.7 Å². The van der Waals surface area contributed by atoms with Crippen LogP contribution in [0.3, 0.4) is 0 Å². The van der Waals surface area contributed by atoms with E-state index in [0.717, 1.165) is 28.8 Å². The number of hydrogen-bond donors (Lipinski definition) is 1. The average Bonchev–Trinajstić information content (AvgIpc) is 2.36. The second kappa shape index (κ2) is 5.36. The summed E-state index contributed by atoms with van der Waals surface area (Å²) in [6.07, 6.45) is 0. The first-order valence-corrected chi connectivity index (χ1v) is 6.32. The summed E-state index contributed by atoms with van der Waals surface area (Å²) in [6, 6.07) is 10.0. The van der Waals surface area contributed by atoms with Gasteiger partial charge in [0.1, 0.15) is 0 Å². The zero-order valence-electron chi connectivity index (χ0n) is 11.2. The summed E-state index contributed by atoms with van der Waals surface area (Å²) in [7, 11) is 2.09. The maximum Gasteiger partial charge on any atom is 0.0854 e. The van der Waals surface area contributed by atoms with E-state index in [2.05, 4.69) is 36.8 Å². The van der Waals surface area contributed by atoms with Gasteiger partial charge in [-0.15, -0.1) is 0 Å². The summed E-state index contributed by atoms with van der Waals surface area (Å²) in [5.41, 5.74) is 2.80. The van der Waals surface area contributed by atoms with Gasteiger partial charge in [0.05, 0.1) is 17.8 Å². The number of aliphatic hydroxyl groups excluding tert-OH is 1. The Hall–Kier alpha value is -1.61. The van der Waals surface area contributed by atoms with E-state index in [-0.39, 0.29) is 6.61 Å². The largest absolute Gasteiger partial charge is 0.390 e. The lowest BCUT2D eigenvalue weighted by Gasteiger charge is -2.23. The first-order valence-electron chi connectivity index (χ1n) is 6.32. The molecule has 3 nitrogen and oxygen atoms in total. The van der Waals surface area contributed by atoms with Crippen LogP contribution in [0.2, 0.25) is 0 Å². The Labute approximate surface area is 108 Å². The molecule has 0 aliphatic rings. The van der Waals surface area contributed by atoms with E-state index in [4.69, 9.17) is 0 Å². The fourth-order valence-electron chi connectivity index (χ4n) is 2.25.